The Bertz CT molecular complexity index is 1070. The topological polar surface area (TPSA) is 66.5 Å². The molecular formula is C21H18BrFN2O3S. The van der Waals surface area contributed by atoms with Crippen LogP contribution in [0.3, 0.4) is 0 Å². The molecule has 0 atom stereocenters. The van der Waals surface area contributed by atoms with Gasteiger partial charge in [0.25, 0.3) is 0 Å². The zero-order valence-electron chi connectivity index (χ0n) is 15.3. The van der Waals surface area contributed by atoms with Crippen molar-refractivity contribution in [2.24, 2.45) is 0 Å². The molecule has 0 bridgehead atoms. The van der Waals surface area contributed by atoms with Crippen molar-refractivity contribution in [1.82, 2.24) is 4.31 Å². The van der Waals surface area contributed by atoms with Gasteiger partial charge in [-0.3, -0.25) is 4.79 Å². The van der Waals surface area contributed by atoms with Gasteiger partial charge in [-0.05, 0) is 54.1 Å². The molecule has 1 N–H and O–H groups in total. The predicted molar refractivity (Wildman–Crippen MR) is 113 cm³/mol. The molecular weight excluding hydrogens is 459 g/mol. The van der Waals surface area contributed by atoms with Gasteiger partial charge in [0.15, 0.2) is 0 Å². The van der Waals surface area contributed by atoms with Crippen LogP contribution in [0.1, 0.15) is 5.56 Å². The van der Waals surface area contributed by atoms with Crippen LogP contribution in [0.4, 0.5) is 10.1 Å². The maximum Gasteiger partial charge on any atom is 0.243 e. The lowest BCUT2D eigenvalue weighted by molar-refractivity contribution is -0.116. The average molecular weight is 477 g/mol. The first-order valence-corrected chi connectivity index (χ1v) is 10.9. The van der Waals surface area contributed by atoms with Gasteiger partial charge in [-0.25, -0.2) is 12.8 Å². The van der Waals surface area contributed by atoms with Gasteiger partial charge in [0.1, 0.15) is 5.82 Å². The Morgan fingerprint density at radius 3 is 2.17 bits per heavy atom. The van der Waals surface area contributed by atoms with Crippen molar-refractivity contribution >= 4 is 37.5 Å². The van der Waals surface area contributed by atoms with Gasteiger partial charge in [-0.15, -0.1) is 0 Å². The number of amides is 1. The smallest absolute Gasteiger partial charge is 0.243 e. The standard InChI is InChI=1S/C21H18BrFN2O3S/c22-17-6-10-19(11-7-17)24-21(26)15-25(14-16-4-2-1-3-5-16)29(27,28)20-12-8-18(23)9-13-20/h1-13H,14-15H2,(H,24,26). The highest BCUT2D eigenvalue weighted by Crippen LogP contribution is 2.20. The van der Waals surface area contributed by atoms with Crippen LogP contribution in [0.25, 0.3) is 0 Å². The molecule has 29 heavy (non-hydrogen) atoms. The lowest BCUT2D eigenvalue weighted by atomic mass is 10.2. The first-order valence-electron chi connectivity index (χ1n) is 8.70. The van der Waals surface area contributed by atoms with E-state index in [0.717, 1.165) is 26.5 Å². The minimum Gasteiger partial charge on any atom is -0.325 e. The summed E-state index contributed by atoms with van der Waals surface area (Å²) in [6, 6.07) is 20.5. The van der Waals surface area contributed by atoms with E-state index in [1.165, 1.54) is 12.1 Å². The normalized spacial score (nSPS) is 11.4. The van der Waals surface area contributed by atoms with Gasteiger partial charge in [-0.1, -0.05) is 46.3 Å². The second kappa shape index (κ2) is 9.30. The minimum absolute atomic E-state index is 0.00824. The molecule has 150 valence electrons. The SMILES string of the molecule is O=C(CN(Cc1ccccc1)S(=O)(=O)c1ccc(F)cc1)Nc1ccc(Br)cc1. The molecule has 0 fully saturated rings. The van der Waals surface area contributed by atoms with Crippen LogP contribution in [0.5, 0.6) is 0 Å². The van der Waals surface area contributed by atoms with Crippen molar-refractivity contribution in [3.8, 4) is 0 Å². The molecule has 3 aromatic rings. The van der Waals surface area contributed by atoms with Gasteiger partial charge in [0.05, 0.1) is 11.4 Å². The molecule has 0 aliphatic rings. The van der Waals surface area contributed by atoms with Crippen molar-refractivity contribution in [3.05, 3.63) is 94.7 Å². The van der Waals surface area contributed by atoms with Crippen molar-refractivity contribution in [2.45, 2.75) is 11.4 Å². The number of hydrogen-bond donors (Lipinski definition) is 1. The third kappa shape index (κ3) is 5.72. The first-order chi connectivity index (χ1) is 13.8. The van der Waals surface area contributed by atoms with E-state index >= 15 is 0 Å². The number of rotatable bonds is 7. The third-order valence-corrected chi connectivity index (χ3v) is 6.44. The summed E-state index contributed by atoms with van der Waals surface area (Å²) in [6.07, 6.45) is 0. The van der Waals surface area contributed by atoms with E-state index in [4.69, 9.17) is 0 Å². The molecule has 0 heterocycles. The first kappa shape index (κ1) is 21.2. The van der Waals surface area contributed by atoms with Crippen LogP contribution in [0.2, 0.25) is 0 Å². The summed E-state index contributed by atoms with van der Waals surface area (Å²) in [5, 5.41) is 2.69. The number of carbonyl (C=O) groups excluding carboxylic acids is 1. The number of sulfonamides is 1. The van der Waals surface area contributed by atoms with Crippen LogP contribution in [-0.4, -0.2) is 25.2 Å². The highest BCUT2D eigenvalue weighted by atomic mass is 79.9. The molecule has 0 unspecified atom stereocenters. The highest BCUT2D eigenvalue weighted by molar-refractivity contribution is 9.10. The fourth-order valence-electron chi connectivity index (χ4n) is 2.66. The number of carbonyl (C=O) groups is 1. The third-order valence-electron chi connectivity index (χ3n) is 4.10. The number of halogens is 2. The van der Waals surface area contributed by atoms with E-state index in [1.54, 1.807) is 48.5 Å². The Morgan fingerprint density at radius 1 is 0.931 bits per heavy atom. The summed E-state index contributed by atoms with van der Waals surface area (Å²) in [5.41, 5.74) is 1.28. The molecule has 0 aromatic heterocycles. The molecule has 3 rings (SSSR count). The van der Waals surface area contributed by atoms with Crippen LogP contribution >= 0.6 is 15.9 Å². The zero-order valence-corrected chi connectivity index (χ0v) is 17.7. The van der Waals surface area contributed by atoms with Crippen molar-refractivity contribution in [2.75, 3.05) is 11.9 Å². The maximum atomic E-state index is 13.2. The van der Waals surface area contributed by atoms with Crippen LogP contribution in [0, 0.1) is 5.82 Å². The molecule has 5 nitrogen and oxygen atoms in total. The monoisotopic (exact) mass is 476 g/mol. The summed E-state index contributed by atoms with van der Waals surface area (Å²) in [6.45, 7) is -0.376. The zero-order chi connectivity index (χ0) is 20.9. The van der Waals surface area contributed by atoms with E-state index in [2.05, 4.69) is 21.2 Å². The molecule has 0 radical (unpaired) electrons. The summed E-state index contributed by atoms with van der Waals surface area (Å²) in [7, 11) is -4.01. The van der Waals surface area contributed by atoms with Gasteiger partial charge in [-0.2, -0.15) is 4.31 Å². The number of hydrogen-bond acceptors (Lipinski definition) is 3. The van der Waals surface area contributed by atoms with E-state index in [-0.39, 0.29) is 18.0 Å². The van der Waals surface area contributed by atoms with E-state index in [1.807, 2.05) is 6.07 Å². The summed E-state index contributed by atoms with van der Waals surface area (Å²) in [5.74, 6) is -1.01. The number of anilines is 1. The lowest BCUT2D eigenvalue weighted by Gasteiger charge is -2.22. The van der Waals surface area contributed by atoms with Crippen molar-refractivity contribution in [1.29, 1.82) is 0 Å². The van der Waals surface area contributed by atoms with Gasteiger partial charge in [0.2, 0.25) is 15.9 Å². The molecule has 1 amide bonds. The number of nitrogens with zero attached hydrogens (tertiary/aromatic N) is 1. The molecule has 0 aliphatic carbocycles. The van der Waals surface area contributed by atoms with Crippen LogP contribution in [-0.2, 0) is 21.4 Å². The maximum absolute atomic E-state index is 13.2. The summed E-state index contributed by atoms with van der Waals surface area (Å²) < 4.78 is 41.4. The highest BCUT2D eigenvalue weighted by Gasteiger charge is 2.27. The summed E-state index contributed by atoms with van der Waals surface area (Å²) >= 11 is 3.32. The van der Waals surface area contributed by atoms with Gasteiger partial charge >= 0.3 is 0 Å². The Morgan fingerprint density at radius 2 is 1.55 bits per heavy atom. The predicted octanol–water partition coefficient (Wildman–Crippen LogP) is 4.42. The Kier molecular flexibility index (Phi) is 6.79. The molecule has 0 spiro atoms. The lowest BCUT2D eigenvalue weighted by Crippen LogP contribution is -2.37. The quantitative estimate of drug-likeness (QED) is 0.548. The molecule has 8 heteroatoms. The summed E-state index contributed by atoms with van der Waals surface area (Å²) in [4.78, 5) is 12.5. The van der Waals surface area contributed by atoms with Gasteiger partial charge in [0, 0.05) is 16.7 Å². The largest absolute Gasteiger partial charge is 0.325 e. The van der Waals surface area contributed by atoms with E-state index in [0.29, 0.717) is 5.69 Å². The number of benzene rings is 3. The van der Waals surface area contributed by atoms with Crippen molar-refractivity contribution in [3.63, 3.8) is 0 Å². The fraction of sp³-hybridized carbons (Fsp3) is 0.0952. The molecule has 0 aliphatic heterocycles. The van der Waals surface area contributed by atoms with E-state index < -0.39 is 21.7 Å². The van der Waals surface area contributed by atoms with Gasteiger partial charge < -0.3 is 5.32 Å². The Hall–Kier alpha value is -2.55. The Balaban J connectivity index is 1.85. The van der Waals surface area contributed by atoms with Crippen LogP contribution in [0.15, 0.2) is 88.2 Å². The van der Waals surface area contributed by atoms with E-state index in [9.17, 15) is 17.6 Å². The molecule has 0 saturated heterocycles. The van der Waals surface area contributed by atoms with Crippen molar-refractivity contribution < 1.29 is 17.6 Å². The average Bonchev–Trinajstić information content (AvgIpc) is 2.70. The second-order valence-corrected chi connectivity index (χ2v) is 9.12. The second-order valence-electron chi connectivity index (χ2n) is 6.27. The molecule has 3 aromatic carbocycles. The van der Waals surface area contributed by atoms with Crippen LogP contribution < -0.4 is 5.32 Å². The molecule has 0 saturated carbocycles. The Labute approximate surface area is 177 Å². The fourth-order valence-corrected chi connectivity index (χ4v) is 4.31. The number of nitrogens with one attached hydrogen (secondary N) is 1. The minimum atomic E-state index is -4.01.